The molecule has 0 saturated carbocycles. The Labute approximate surface area is 165 Å². The van der Waals surface area contributed by atoms with Gasteiger partial charge in [0.15, 0.2) is 0 Å². The summed E-state index contributed by atoms with van der Waals surface area (Å²) in [5, 5.41) is 5.66. The van der Waals surface area contributed by atoms with E-state index in [2.05, 4.69) is 15.4 Å². The summed E-state index contributed by atoms with van der Waals surface area (Å²) in [6, 6.07) is 15.6. The third-order valence-electron chi connectivity index (χ3n) is 4.31. The van der Waals surface area contributed by atoms with Gasteiger partial charge in [-0.15, -0.1) is 0 Å². The van der Waals surface area contributed by atoms with Crippen molar-refractivity contribution in [3.05, 3.63) is 71.3 Å². The summed E-state index contributed by atoms with van der Waals surface area (Å²) < 4.78 is 4.66. The molecule has 2 rings (SSSR count). The van der Waals surface area contributed by atoms with Crippen molar-refractivity contribution < 1.29 is 19.1 Å². The molecule has 0 fully saturated rings. The van der Waals surface area contributed by atoms with Gasteiger partial charge in [0.05, 0.1) is 19.1 Å². The molecule has 0 saturated heterocycles. The van der Waals surface area contributed by atoms with Gasteiger partial charge >= 0.3 is 5.97 Å². The number of hydrogen-bond donors (Lipinski definition) is 2. The number of benzene rings is 2. The van der Waals surface area contributed by atoms with E-state index in [1.807, 2.05) is 44.2 Å². The van der Waals surface area contributed by atoms with Crippen molar-refractivity contribution >= 4 is 17.8 Å². The van der Waals surface area contributed by atoms with Gasteiger partial charge in [0.1, 0.15) is 6.04 Å². The second kappa shape index (κ2) is 10.3. The van der Waals surface area contributed by atoms with Gasteiger partial charge < -0.3 is 15.4 Å². The number of esters is 1. The van der Waals surface area contributed by atoms with Crippen molar-refractivity contribution in [2.24, 2.45) is 5.92 Å². The largest absolute Gasteiger partial charge is 0.465 e. The molecule has 0 aliphatic rings. The molecule has 0 radical (unpaired) electrons. The Morgan fingerprint density at radius 2 is 1.57 bits per heavy atom. The Morgan fingerprint density at radius 1 is 0.929 bits per heavy atom. The van der Waals surface area contributed by atoms with Crippen LogP contribution in [0.15, 0.2) is 54.6 Å². The summed E-state index contributed by atoms with van der Waals surface area (Å²) in [5.41, 5.74) is 2.19. The Morgan fingerprint density at radius 3 is 2.14 bits per heavy atom. The molecule has 2 aromatic rings. The first-order chi connectivity index (χ1) is 13.4. The van der Waals surface area contributed by atoms with Crippen LogP contribution >= 0.6 is 0 Å². The number of ether oxygens (including phenoxy) is 1. The molecule has 148 valence electrons. The van der Waals surface area contributed by atoms with E-state index in [0.717, 1.165) is 11.1 Å². The smallest absolute Gasteiger partial charge is 0.337 e. The third-order valence-corrected chi connectivity index (χ3v) is 4.31. The van der Waals surface area contributed by atoms with Crippen LogP contribution in [-0.4, -0.2) is 30.9 Å². The van der Waals surface area contributed by atoms with E-state index in [0.29, 0.717) is 12.1 Å². The number of amides is 2. The predicted octanol–water partition coefficient (Wildman–Crippen LogP) is 2.47. The highest BCUT2D eigenvalue weighted by molar-refractivity contribution is 5.89. The molecule has 2 aromatic carbocycles. The van der Waals surface area contributed by atoms with Gasteiger partial charge in [-0.1, -0.05) is 56.3 Å². The van der Waals surface area contributed by atoms with Crippen molar-refractivity contribution in [2.75, 3.05) is 7.11 Å². The van der Waals surface area contributed by atoms with Crippen LogP contribution in [0, 0.1) is 5.92 Å². The van der Waals surface area contributed by atoms with Crippen molar-refractivity contribution in [2.45, 2.75) is 32.9 Å². The number of rotatable bonds is 8. The van der Waals surface area contributed by atoms with Gasteiger partial charge in [0.2, 0.25) is 11.8 Å². The third kappa shape index (κ3) is 6.23. The Bertz CT molecular complexity index is 801. The van der Waals surface area contributed by atoms with Crippen LogP contribution in [0.1, 0.15) is 35.3 Å². The summed E-state index contributed by atoms with van der Waals surface area (Å²) >= 11 is 0. The van der Waals surface area contributed by atoms with Crippen LogP contribution < -0.4 is 10.6 Å². The van der Waals surface area contributed by atoms with Crippen LogP contribution in [0.25, 0.3) is 0 Å². The van der Waals surface area contributed by atoms with Gasteiger partial charge in [-0.3, -0.25) is 9.59 Å². The normalized spacial score (nSPS) is 11.6. The van der Waals surface area contributed by atoms with Crippen LogP contribution in [-0.2, 0) is 27.3 Å². The highest BCUT2D eigenvalue weighted by atomic mass is 16.5. The van der Waals surface area contributed by atoms with Gasteiger partial charge in [0, 0.05) is 6.54 Å². The van der Waals surface area contributed by atoms with Gasteiger partial charge in [-0.2, -0.15) is 0 Å². The van der Waals surface area contributed by atoms with Crippen molar-refractivity contribution in [1.82, 2.24) is 10.6 Å². The molecule has 1 unspecified atom stereocenters. The standard InChI is InChI=1S/C22H26N2O4/c1-15(2)20(24-19(25)13-16-7-5-4-6-8-16)21(26)23-14-17-9-11-18(12-10-17)22(27)28-3/h4-12,15,20H,13-14H2,1-3H3,(H,23,26)(H,24,25). The molecule has 0 bridgehead atoms. The highest BCUT2D eigenvalue weighted by Crippen LogP contribution is 2.08. The van der Waals surface area contributed by atoms with Crippen LogP contribution in [0.4, 0.5) is 0 Å². The molecule has 1 atom stereocenters. The lowest BCUT2D eigenvalue weighted by Gasteiger charge is -2.22. The van der Waals surface area contributed by atoms with E-state index in [-0.39, 0.29) is 24.2 Å². The fraction of sp³-hybridized carbons (Fsp3) is 0.318. The lowest BCUT2D eigenvalue weighted by Crippen LogP contribution is -2.49. The molecular formula is C22H26N2O4. The van der Waals surface area contributed by atoms with Crippen molar-refractivity contribution in [3.63, 3.8) is 0 Å². The number of carbonyl (C=O) groups excluding carboxylic acids is 3. The Hall–Kier alpha value is -3.15. The highest BCUT2D eigenvalue weighted by Gasteiger charge is 2.24. The van der Waals surface area contributed by atoms with Gasteiger partial charge in [0.25, 0.3) is 0 Å². The molecule has 2 N–H and O–H groups in total. The zero-order valence-corrected chi connectivity index (χ0v) is 16.4. The molecular weight excluding hydrogens is 356 g/mol. The Balaban J connectivity index is 1.91. The summed E-state index contributed by atoms with van der Waals surface area (Å²) in [4.78, 5) is 36.3. The lowest BCUT2D eigenvalue weighted by molar-refractivity contribution is -0.129. The average Bonchev–Trinajstić information content (AvgIpc) is 2.70. The average molecular weight is 382 g/mol. The summed E-state index contributed by atoms with van der Waals surface area (Å²) in [6.07, 6.45) is 0.229. The van der Waals surface area contributed by atoms with Crippen LogP contribution in [0.3, 0.4) is 0 Å². The molecule has 2 amide bonds. The second-order valence-electron chi connectivity index (χ2n) is 6.86. The summed E-state index contributed by atoms with van der Waals surface area (Å²) in [6.45, 7) is 4.08. The van der Waals surface area contributed by atoms with Crippen molar-refractivity contribution in [1.29, 1.82) is 0 Å². The first-order valence-electron chi connectivity index (χ1n) is 9.19. The van der Waals surface area contributed by atoms with Crippen LogP contribution in [0.2, 0.25) is 0 Å². The van der Waals surface area contributed by atoms with Gasteiger partial charge in [-0.05, 0) is 29.2 Å². The first-order valence-corrected chi connectivity index (χ1v) is 9.19. The van der Waals surface area contributed by atoms with Crippen LogP contribution in [0.5, 0.6) is 0 Å². The van der Waals surface area contributed by atoms with E-state index in [9.17, 15) is 14.4 Å². The van der Waals surface area contributed by atoms with E-state index >= 15 is 0 Å². The topological polar surface area (TPSA) is 84.5 Å². The second-order valence-corrected chi connectivity index (χ2v) is 6.86. The molecule has 0 spiro atoms. The maximum atomic E-state index is 12.6. The molecule has 28 heavy (non-hydrogen) atoms. The number of carbonyl (C=O) groups is 3. The fourth-order valence-corrected chi connectivity index (χ4v) is 2.72. The monoisotopic (exact) mass is 382 g/mol. The van der Waals surface area contributed by atoms with Crippen molar-refractivity contribution in [3.8, 4) is 0 Å². The fourth-order valence-electron chi connectivity index (χ4n) is 2.72. The maximum Gasteiger partial charge on any atom is 0.337 e. The zero-order valence-electron chi connectivity index (χ0n) is 16.4. The summed E-state index contributed by atoms with van der Waals surface area (Å²) in [7, 11) is 1.33. The molecule has 6 nitrogen and oxygen atoms in total. The lowest BCUT2D eigenvalue weighted by atomic mass is 10.0. The number of methoxy groups -OCH3 is 1. The SMILES string of the molecule is COC(=O)c1ccc(CNC(=O)C(NC(=O)Cc2ccccc2)C(C)C)cc1. The van der Waals surface area contributed by atoms with E-state index in [1.165, 1.54) is 7.11 Å². The minimum absolute atomic E-state index is 0.0542. The number of hydrogen-bond acceptors (Lipinski definition) is 4. The van der Waals surface area contributed by atoms with Gasteiger partial charge in [-0.25, -0.2) is 4.79 Å². The Kier molecular flexibility index (Phi) is 7.75. The van der Waals surface area contributed by atoms with E-state index in [1.54, 1.807) is 24.3 Å². The summed E-state index contributed by atoms with van der Waals surface area (Å²) in [5.74, 6) is -0.894. The zero-order chi connectivity index (χ0) is 20.5. The first kappa shape index (κ1) is 21.2. The van der Waals surface area contributed by atoms with E-state index in [4.69, 9.17) is 0 Å². The molecule has 0 heterocycles. The predicted molar refractivity (Wildman–Crippen MR) is 107 cm³/mol. The molecule has 0 aromatic heterocycles. The molecule has 0 aliphatic heterocycles. The molecule has 6 heteroatoms. The van der Waals surface area contributed by atoms with E-state index < -0.39 is 12.0 Å². The minimum Gasteiger partial charge on any atom is -0.465 e. The number of nitrogens with one attached hydrogen (secondary N) is 2. The maximum absolute atomic E-state index is 12.6. The quantitative estimate of drug-likeness (QED) is 0.687. The molecule has 0 aliphatic carbocycles. The minimum atomic E-state index is -0.620.